The van der Waals surface area contributed by atoms with Gasteiger partial charge in [0.2, 0.25) is 17.4 Å². The van der Waals surface area contributed by atoms with Gasteiger partial charge in [-0.2, -0.15) is 0 Å². The van der Waals surface area contributed by atoms with Crippen LogP contribution in [0.1, 0.15) is 29.5 Å². The van der Waals surface area contributed by atoms with Gasteiger partial charge in [0.05, 0.1) is 23.8 Å². The number of hydrogen-bond donors (Lipinski definition) is 2. The Morgan fingerprint density at radius 3 is 2.71 bits per heavy atom. The molecule has 4 aliphatic rings. The summed E-state index contributed by atoms with van der Waals surface area (Å²) in [6, 6.07) is 13.3. The third-order valence-electron chi connectivity index (χ3n) is 7.70. The highest BCUT2D eigenvalue weighted by Gasteiger charge is 2.78. The number of amides is 3. The van der Waals surface area contributed by atoms with Gasteiger partial charge >= 0.3 is 0 Å². The van der Waals surface area contributed by atoms with Crippen molar-refractivity contribution >= 4 is 35.0 Å². The van der Waals surface area contributed by atoms with Gasteiger partial charge in [-0.3, -0.25) is 19.3 Å². The number of hydrogen-bond acceptors (Lipinski definition) is 3. The zero-order chi connectivity index (χ0) is 21.5. The van der Waals surface area contributed by atoms with E-state index in [9.17, 15) is 14.4 Å². The van der Waals surface area contributed by atoms with Crippen LogP contribution in [0.25, 0.3) is 0 Å². The molecule has 0 bridgehead atoms. The third kappa shape index (κ3) is 2.29. The second kappa shape index (κ2) is 6.40. The van der Waals surface area contributed by atoms with Crippen LogP contribution < -0.4 is 10.2 Å². The summed E-state index contributed by atoms with van der Waals surface area (Å²) in [6.45, 7) is 2.96. The van der Waals surface area contributed by atoms with Crippen molar-refractivity contribution in [3.63, 3.8) is 0 Å². The van der Waals surface area contributed by atoms with Crippen molar-refractivity contribution in [2.24, 2.45) is 11.8 Å². The highest BCUT2D eigenvalue weighted by atomic mass is 35.5. The predicted octanol–water partition coefficient (Wildman–Crippen LogP) is 1.66. The lowest BCUT2D eigenvalue weighted by atomic mass is 9.75. The van der Waals surface area contributed by atoms with Crippen molar-refractivity contribution in [1.82, 2.24) is 4.90 Å². The molecule has 5 atom stereocenters. The van der Waals surface area contributed by atoms with E-state index < -0.39 is 17.4 Å². The molecule has 7 heteroatoms. The highest BCUT2D eigenvalue weighted by Crippen LogP contribution is 2.53. The molecule has 1 unspecified atom stereocenters. The molecular weight excluding hydrogens is 414 g/mol. The van der Waals surface area contributed by atoms with Crippen molar-refractivity contribution in [3.8, 4) is 0 Å². The summed E-state index contributed by atoms with van der Waals surface area (Å²) in [5.41, 5.74) is 2.13. The van der Waals surface area contributed by atoms with Crippen molar-refractivity contribution in [2.45, 2.75) is 37.9 Å². The highest BCUT2D eigenvalue weighted by molar-refractivity contribution is 6.35. The molecule has 0 aromatic heterocycles. The second-order valence-corrected chi connectivity index (χ2v) is 9.61. The molecule has 158 valence electrons. The van der Waals surface area contributed by atoms with Crippen molar-refractivity contribution in [3.05, 3.63) is 64.2 Å². The average molecular weight is 437 g/mol. The molecule has 2 N–H and O–H groups in total. The number of rotatable bonds is 2. The number of nitrogens with zero attached hydrogens (tertiary/aromatic N) is 1. The number of fused-ring (bicyclic) bond motifs is 7. The smallest absolute Gasteiger partial charge is 0.291 e. The summed E-state index contributed by atoms with van der Waals surface area (Å²) in [7, 11) is 0. The topological polar surface area (TPSA) is 70.9 Å². The van der Waals surface area contributed by atoms with Gasteiger partial charge in [0, 0.05) is 18.4 Å². The van der Waals surface area contributed by atoms with E-state index in [1.807, 2.05) is 49.4 Å². The van der Waals surface area contributed by atoms with Crippen LogP contribution in [0.4, 0.5) is 5.69 Å². The molecule has 3 amide bonds. The van der Waals surface area contributed by atoms with Crippen molar-refractivity contribution in [1.29, 1.82) is 0 Å². The molecule has 6 nitrogen and oxygen atoms in total. The second-order valence-electron chi connectivity index (χ2n) is 9.21. The number of carbonyl (C=O) groups excluding carboxylic acids is 3. The minimum Gasteiger partial charge on any atom is -0.318 e. The summed E-state index contributed by atoms with van der Waals surface area (Å²) in [5.74, 6) is -1.73. The van der Waals surface area contributed by atoms with Gasteiger partial charge in [-0.15, -0.1) is 0 Å². The van der Waals surface area contributed by atoms with E-state index in [0.29, 0.717) is 10.7 Å². The van der Waals surface area contributed by atoms with Crippen LogP contribution >= 0.6 is 11.6 Å². The Morgan fingerprint density at radius 1 is 1.16 bits per heavy atom. The maximum atomic E-state index is 13.8. The molecule has 6 rings (SSSR count). The first-order valence-electron chi connectivity index (χ1n) is 10.8. The van der Waals surface area contributed by atoms with E-state index in [0.717, 1.165) is 41.0 Å². The number of nitrogens with one attached hydrogen (secondary N) is 2. The first kappa shape index (κ1) is 19.0. The first-order chi connectivity index (χ1) is 14.9. The fourth-order valence-electron chi connectivity index (χ4n) is 6.63. The molecule has 4 aliphatic heterocycles. The Bertz CT molecular complexity index is 1150. The number of carbonyl (C=O) groups is 3. The zero-order valence-electron chi connectivity index (χ0n) is 17.2. The Kier molecular flexibility index (Phi) is 3.93. The lowest BCUT2D eigenvalue weighted by molar-refractivity contribution is -0.948. The van der Waals surface area contributed by atoms with E-state index in [1.165, 1.54) is 4.90 Å². The van der Waals surface area contributed by atoms with Gasteiger partial charge < -0.3 is 10.2 Å². The summed E-state index contributed by atoms with van der Waals surface area (Å²) < 4.78 is 0. The lowest BCUT2D eigenvalue weighted by Gasteiger charge is -2.33. The van der Waals surface area contributed by atoms with Gasteiger partial charge in [-0.05, 0) is 30.2 Å². The van der Waals surface area contributed by atoms with Crippen molar-refractivity contribution < 1.29 is 19.3 Å². The zero-order valence-corrected chi connectivity index (χ0v) is 17.9. The molecule has 31 heavy (non-hydrogen) atoms. The Morgan fingerprint density at radius 2 is 1.94 bits per heavy atom. The predicted molar refractivity (Wildman–Crippen MR) is 114 cm³/mol. The van der Waals surface area contributed by atoms with Gasteiger partial charge in [0.25, 0.3) is 5.91 Å². The molecule has 0 saturated carbocycles. The SMILES string of the molecule is Cc1cc(Cl)c2c(c1)[C@@]1(C(=O)N2)[C@@H]2C(=O)N(Cc3ccccc3)C(=O)[C@@H]2[C@@H]2CCC[NH+]21. The number of anilines is 1. The summed E-state index contributed by atoms with van der Waals surface area (Å²) in [5, 5.41) is 3.46. The Balaban J connectivity index is 1.52. The largest absolute Gasteiger partial charge is 0.318 e. The summed E-state index contributed by atoms with van der Waals surface area (Å²) in [4.78, 5) is 43.5. The van der Waals surface area contributed by atoms with Crippen LogP contribution in [-0.4, -0.2) is 35.2 Å². The van der Waals surface area contributed by atoms with E-state index in [4.69, 9.17) is 11.6 Å². The number of halogens is 1. The molecular formula is C24H23ClN3O3+. The van der Waals surface area contributed by atoms with E-state index in [1.54, 1.807) is 0 Å². The Hall–Kier alpha value is -2.70. The number of benzene rings is 2. The quantitative estimate of drug-likeness (QED) is 0.703. The van der Waals surface area contributed by atoms with Gasteiger partial charge in [-0.25, -0.2) is 0 Å². The minimum atomic E-state index is -1.09. The maximum absolute atomic E-state index is 13.8. The van der Waals surface area contributed by atoms with Crippen LogP contribution in [-0.2, 0) is 26.5 Å². The van der Waals surface area contributed by atoms with E-state index in [2.05, 4.69) is 5.32 Å². The average Bonchev–Trinajstić information content (AvgIpc) is 3.45. The van der Waals surface area contributed by atoms with Crippen LogP contribution in [0.5, 0.6) is 0 Å². The first-order valence-corrected chi connectivity index (χ1v) is 11.2. The van der Waals surface area contributed by atoms with Crippen LogP contribution in [0.2, 0.25) is 5.02 Å². The number of likely N-dealkylation sites (tertiary alicyclic amines) is 1. The number of aryl methyl sites for hydroxylation is 1. The number of imide groups is 1. The lowest BCUT2D eigenvalue weighted by Crippen LogP contribution is -3.19. The Labute approximate surface area is 185 Å². The number of quaternary nitrogens is 1. The van der Waals surface area contributed by atoms with Gasteiger partial charge in [-0.1, -0.05) is 41.9 Å². The molecule has 2 aromatic carbocycles. The maximum Gasteiger partial charge on any atom is 0.291 e. The molecule has 4 heterocycles. The van der Waals surface area contributed by atoms with Crippen LogP contribution in [0.3, 0.4) is 0 Å². The summed E-state index contributed by atoms with van der Waals surface area (Å²) >= 11 is 6.50. The standard InChI is InChI=1S/C24H22ClN3O3/c1-13-10-15-20(16(25)11-13)26-23(31)24(15)19-18(17-8-5-9-28(17)24)21(29)27(22(19)30)12-14-6-3-2-4-7-14/h2-4,6-7,10-11,17-19H,5,8-9,12H2,1H3,(H,26,31)/p+1/t17-,18+,19-,24-/m0/s1. The monoisotopic (exact) mass is 436 g/mol. The summed E-state index contributed by atoms with van der Waals surface area (Å²) in [6.07, 6.45) is 1.78. The molecule has 0 radical (unpaired) electrons. The van der Waals surface area contributed by atoms with E-state index >= 15 is 0 Å². The fraction of sp³-hybridized carbons (Fsp3) is 0.375. The third-order valence-corrected chi connectivity index (χ3v) is 8.00. The van der Waals surface area contributed by atoms with Crippen LogP contribution in [0, 0.1) is 18.8 Å². The molecule has 1 spiro atoms. The van der Waals surface area contributed by atoms with Crippen molar-refractivity contribution in [2.75, 3.05) is 11.9 Å². The van der Waals surface area contributed by atoms with Crippen LogP contribution in [0.15, 0.2) is 42.5 Å². The molecule has 3 saturated heterocycles. The van der Waals surface area contributed by atoms with Gasteiger partial charge in [0.1, 0.15) is 17.9 Å². The molecule has 3 fully saturated rings. The normalized spacial score (nSPS) is 33.1. The minimum absolute atomic E-state index is 0.0294. The molecule has 2 aromatic rings. The van der Waals surface area contributed by atoms with E-state index in [-0.39, 0.29) is 30.3 Å². The van der Waals surface area contributed by atoms with Gasteiger partial charge in [0.15, 0.2) is 0 Å². The molecule has 0 aliphatic carbocycles. The fourth-order valence-corrected chi connectivity index (χ4v) is 6.95.